The lowest BCUT2D eigenvalue weighted by Gasteiger charge is -2.24. The van der Waals surface area contributed by atoms with Gasteiger partial charge in [-0.2, -0.15) is 0 Å². The Morgan fingerprint density at radius 3 is 2.74 bits per heavy atom. The lowest BCUT2D eigenvalue weighted by molar-refractivity contribution is -0.144. The van der Waals surface area contributed by atoms with E-state index in [0.29, 0.717) is 11.8 Å². The molecule has 19 heavy (non-hydrogen) atoms. The lowest BCUT2D eigenvalue weighted by atomic mass is 9.78. The van der Waals surface area contributed by atoms with E-state index in [1.165, 1.54) is 0 Å². The number of fused-ring (bicyclic) bond motifs is 1. The minimum absolute atomic E-state index is 0.0310. The first-order valence-corrected chi connectivity index (χ1v) is 7.48. The van der Waals surface area contributed by atoms with Gasteiger partial charge in [-0.05, 0) is 38.0 Å². The molecule has 0 aromatic carbocycles. The van der Waals surface area contributed by atoms with Crippen molar-refractivity contribution >= 4 is 5.97 Å². The number of aliphatic hydroxyl groups excluding tert-OH is 1. The molecule has 2 aliphatic carbocycles. The van der Waals surface area contributed by atoms with E-state index >= 15 is 0 Å². The Labute approximate surface area is 113 Å². The maximum Gasteiger partial charge on any atom is 0.309 e. The third-order valence-electron chi connectivity index (χ3n) is 6.49. The minimum Gasteiger partial charge on any atom is -0.462 e. The molecule has 106 valence electrons. The van der Waals surface area contributed by atoms with Crippen molar-refractivity contribution in [3.63, 3.8) is 0 Å². The molecule has 0 bridgehead atoms. The molecule has 8 atom stereocenters. The van der Waals surface area contributed by atoms with E-state index in [9.17, 15) is 9.90 Å². The van der Waals surface area contributed by atoms with Crippen molar-refractivity contribution in [1.29, 1.82) is 0 Å². The van der Waals surface area contributed by atoms with E-state index < -0.39 is 0 Å². The van der Waals surface area contributed by atoms with E-state index in [1.807, 2.05) is 13.8 Å². The summed E-state index contributed by atoms with van der Waals surface area (Å²) in [6.07, 6.45) is 2.32. The zero-order chi connectivity index (χ0) is 13.6. The van der Waals surface area contributed by atoms with Crippen molar-refractivity contribution in [2.24, 2.45) is 23.7 Å². The molecule has 0 unspecified atom stereocenters. The molecular weight excluding hydrogens is 244 g/mol. The van der Waals surface area contributed by atoms with Crippen LogP contribution in [0.3, 0.4) is 0 Å². The number of rotatable bonds is 0. The molecule has 4 heteroatoms. The second-order valence-corrected chi connectivity index (χ2v) is 7.30. The number of esters is 1. The van der Waals surface area contributed by atoms with E-state index in [-0.39, 0.29) is 41.2 Å². The Kier molecular flexibility index (Phi) is 2.14. The van der Waals surface area contributed by atoms with Crippen molar-refractivity contribution in [3.05, 3.63) is 0 Å². The molecule has 0 aromatic rings. The molecule has 0 amide bonds. The van der Waals surface area contributed by atoms with Crippen molar-refractivity contribution in [3.8, 4) is 0 Å². The lowest BCUT2D eigenvalue weighted by Crippen LogP contribution is -2.32. The van der Waals surface area contributed by atoms with Crippen LogP contribution in [0, 0.1) is 23.7 Å². The zero-order valence-corrected chi connectivity index (χ0v) is 11.8. The maximum atomic E-state index is 11.8. The van der Waals surface area contributed by atoms with Gasteiger partial charge in [-0.15, -0.1) is 0 Å². The van der Waals surface area contributed by atoms with Crippen LogP contribution in [0.4, 0.5) is 0 Å². The van der Waals surface area contributed by atoms with Gasteiger partial charge in [-0.3, -0.25) is 4.79 Å². The zero-order valence-electron chi connectivity index (χ0n) is 11.8. The molecular formula is C15H22O4. The van der Waals surface area contributed by atoms with Gasteiger partial charge in [0.05, 0.1) is 12.0 Å². The second-order valence-electron chi connectivity index (χ2n) is 7.30. The molecule has 4 rings (SSSR count). The molecule has 4 fully saturated rings. The predicted octanol–water partition coefficient (Wildman–Crippen LogP) is 1.50. The number of hydrogen-bond donors (Lipinski definition) is 1. The standard InChI is InChI=1S/C15H22O4/c1-7-4-11-9(8(2)13(17)18-11)6-15-10(7)5-12(16)14(15,3)19-15/h7-12,16H,4-6H2,1-3H3/t7-,8-,9+,10-,11-,12+,14+,15-/m0/s1. The Bertz CT molecular complexity index is 449. The van der Waals surface area contributed by atoms with Gasteiger partial charge in [0.1, 0.15) is 17.3 Å². The highest BCUT2D eigenvalue weighted by Crippen LogP contribution is 2.69. The first-order valence-electron chi connectivity index (χ1n) is 7.48. The minimum atomic E-state index is -0.383. The summed E-state index contributed by atoms with van der Waals surface area (Å²) in [5, 5.41) is 10.3. The van der Waals surface area contributed by atoms with E-state index in [2.05, 4.69) is 6.92 Å². The van der Waals surface area contributed by atoms with Crippen LogP contribution >= 0.6 is 0 Å². The first-order chi connectivity index (χ1) is 8.89. The average molecular weight is 266 g/mol. The smallest absolute Gasteiger partial charge is 0.309 e. The predicted molar refractivity (Wildman–Crippen MR) is 67.3 cm³/mol. The fraction of sp³-hybridized carbons (Fsp3) is 0.933. The van der Waals surface area contributed by atoms with Crippen LogP contribution in [-0.2, 0) is 14.3 Å². The van der Waals surface area contributed by atoms with Crippen molar-refractivity contribution in [2.75, 3.05) is 0 Å². The van der Waals surface area contributed by atoms with Crippen molar-refractivity contribution in [1.82, 2.24) is 0 Å². The fourth-order valence-corrected chi connectivity index (χ4v) is 5.14. The monoisotopic (exact) mass is 266 g/mol. The SMILES string of the molecule is C[C@@H]1C(=O)O[C@H]2C[C@H](C)[C@@H]3C[C@@H](O)[C@@]4(C)O[C@@]34C[C@@H]21. The molecule has 0 aromatic heterocycles. The normalized spacial score (nSPS) is 62.8. The van der Waals surface area contributed by atoms with Crippen LogP contribution in [0.5, 0.6) is 0 Å². The van der Waals surface area contributed by atoms with Gasteiger partial charge in [0.25, 0.3) is 0 Å². The Morgan fingerprint density at radius 2 is 2.05 bits per heavy atom. The number of carbonyl (C=O) groups excluding carboxylic acids is 1. The quantitative estimate of drug-likeness (QED) is 0.533. The average Bonchev–Trinajstić information content (AvgIpc) is 2.84. The Hall–Kier alpha value is -0.610. The van der Waals surface area contributed by atoms with Crippen LogP contribution in [-0.4, -0.2) is 34.5 Å². The molecule has 2 saturated heterocycles. The van der Waals surface area contributed by atoms with Gasteiger partial charge in [0.15, 0.2) is 0 Å². The van der Waals surface area contributed by atoms with Gasteiger partial charge in [-0.1, -0.05) is 13.8 Å². The van der Waals surface area contributed by atoms with Gasteiger partial charge < -0.3 is 14.6 Å². The third kappa shape index (κ3) is 1.25. The molecule has 4 nitrogen and oxygen atoms in total. The van der Waals surface area contributed by atoms with Gasteiger partial charge >= 0.3 is 5.97 Å². The van der Waals surface area contributed by atoms with E-state index in [0.717, 1.165) is 19.3 Å². The van der Waals surface area contributed by atoms with Crippen LogP contribution in [0.2, 0.25) is 0 Å². The van der Waals surface area contributed by atoms with E-state index in [4.69, 9.17) is 9.47 Å². The highest BCUT2D eigenvalue weighted by atomic mass is 16.6. The largest absolute Gasteiger partial charge is 0.462 e. The number of carbonyl (C=O) groups is 1. The molecule has 0 radical (unpaired) electrons. The van der Waals surface area contributed by atoms with Crippen LogP contribution < -0.4 is 0 Å². The van der Waals surface area contributed by atoms with Gasteiger partial charge in [0, 0.05) is 5.92 Å². The van der Waals surface area contributed by atoms with Gasteiger partial charge in [0.2, 0.25) is 0 Å². The summed E-state index contributed by atoms with van der Waals surface area (Å²) in [6, 6.07) is 0. The number of epoxide rings is 1. The summed E-state index contributed by atoms with van der Waals surface area (Å²) in [5.74, 6) is 1.01. The molecule has 2 aliphatic heterocycles. The topological polar surface area (TPSA) is 59.1 Å². The van der Waals surface area contributed by atoms with E-state index in [1.54, 1.807) is 0 Å². The van der Waals surface area contributed by atoms with Crippen molar-refractivity contribution in [2.45, 2.75) is 63.4 Å². The second kappa shape index (κ2) is 3.34. The summed E-state index contributed by atoms with van der Waals surface area (Å²) in [5.41, 5.74) is -0.584. The molecule has 4 aliphatic rings. The highest BCUT2D eigenvalue weighted by Gasteiger charge is 2.80. The van der Waals surface area contributed by atoms with Crippen LogP contribution in [0.15, 0.2) is 0 Å². The summed E-state index contributed by atoms with van der Waals surface area (Å²) >= 11 is 0. The first kappa shape index (κ1) is 12.2. The fourth-order valence-electron chi connectivity index (χ4n) is 5.14. The Balaban J connectivity index is 1.72. The number of aliphatic hydroxyl groups is 1. The van der Waals surface area contributed by atoms with Crippen LogP contribution in [0.25, 0.3) is 0 Å². The Morgan fingerprint density at radius 1 is 1.32 bits per heavy atom. The molecule has 2 heterocycles. The van der Waals surface area contributed by atoms with Crippen LogP contribution in [0.1, 0.15) is 40.0 Å². The molecule has 1 N–H and O–H groups in total. The third-order valence-corrected chi connectivity index (χ3v) is 6.49. The summed E-state index contributed by atoms with van der Waals surface area (Å²) in [6.45, 7) is 6.22. The van der Waals surface area contributed by atoms with Gasteiger partial charge in [-0.25, -0.2) is 0 Å². The summed E-state index contributed by atoms with van der Waals surface area (Å²) in [7, 11) is 0. The molecule has 1 spiro atoms. The highest BCUT2D eigenvalue weighted by molar-refractivity contribution is 5.75. The van der Waals surface area contributed by atoms with Crippen molar-refractivity contribution < 1.29 is 19.4 Å². The summed E-state index contributed by atoms with van der Waals surface area (Å²) < 4.78 is 11.6. The summed E-state index contributed by atoms with van der Waals surface area (Å²) in [4.78, 5) is 11.8. The number of hydrogen-bond acceptors (Lipinski definition) is 4. The molecule has 2 saturated carbocycles. The number of ether oxygens (including phenoxy) is 2. The maximum absolute atomic E-state index is 11.8.